The number of piperazine rings is 1. The number of imide groups is 2. The van der Waals surface area contributed by atoms with E-state index in [-0.39, 0.29) is 41.5 Å². The summed E-state index contributed by atoms with van der Waals surface area (Å²) < 4.78 is 35.1. The molecular formula is C40H41Cl2F2N9O6. The van der Waals surface area contributed by atoms with E-state index in [0.717, 1.165) is 67.7 Å². The molecular weight excluding hydrogens is 811 g/mol. The number of piperidine rings is 1. The SMILES string of the molecule is Cn1ncc(Cl)c1-c1cc(C(=O)N[C@@H](Cc2ccc(F)c(F)c2)CN2CCN(CC3CCN(c4cccc5c4C(=O)N(N4CCC(=O)NC4=O)C5=O)CC3)CC2)oc1Cl. The van der Waals surface area contributed by atoms with E-state index in [1.807, 2.05) is 6.07 Å². The maximum absolute atomic E-state index is 14.2. The van der Waals surface area contributed by atoms with Crippen LogP contribution in [-0.4, -0.2) is 124 Å². The van der Waals surface area contributed by atoms with Crippen LogP contribution in [0.1, 0.15) is 56.1 Å². The molecule has 8 rings (SSSR count). The number of nitrogens with one attached hydrogen (secondary N) is 2. The van der Waals surface area contributed by atoms with Crippen LogP contribution in [0.5, 0.6) is 0 Å². The summed E-state index contributed by atoms with van der Waals surface area (Å²) in [5.41, 5.74) is 2.58. The molecule has 0 unspecified atom stereocenters. The molecule has 6 heterocycles. The van der Waals surface area contributed by atoms with Crippen LogP contribution in [0.2, 0.25) is 10.2 Å². The topological polar surface area (TPSA) is 157 Å². The molecule has 59 heavy (non-hydrogen) atoms. The van der Waals surface area contributed by atoms with Gasteiger partial charge < -0.3 is 19.5 Å². The highest BCUT2D eigenvalue weighted by molar-refractivity contribution is 6.35. The summed E-state index contributed by atoms with van der Waals surface area (Å²) in [5.74, 6) is -3.68. The summed E-state index contributed by atoms with van der Waals surface area (Å²) >= 11 is 12.7. The first-order valence-electron chi connectivity index (χ1n) is 19.4. The Labute approximate surface area is 347 Å². The largest absolute Gasteiger partial charge is 0.439 e. The van der Waals surface area contributed by atoms with Crippen molar-refractivity contribution in [1.29, 1.82) is 0 Å². The molecule has 19 heteroatoms. The zero-order valence-corrected chi connectivity index (χ0v) is 33.6. The fourth-order valence-corrected chi connectivity index (χ4v) is 8.89. The molecule has 2 aromatic carbocycles. The molecule has 0 radical (unpaired) electrons. The van der Waals surface area contributed by atoms with E-state index < -0.39 is 47.3 Å². The van der Waals surface area contributed by atoms with Crippen molar-refractivity contribution in [2.45, 2.75) is 31.7 Å². The molecule has 1 atom stereocenters. The smallest absolute Gasteiger partial charge is 0.343 e. The zero-order valence-electron chi connectivity index (χ0n) is 32.1. The van der Waals surface area contributed by atoms with E-state index in [0.29, 0.717) is 53.1 Å². The number of anilines is 1. The van der Waals surface area contributed by atoms with Crippen LogP contribution in [-0.2, 0) is 18.3 Å². The molecule has 0 spiro atoms. The number of carbonyl (C=O) groups excluding carboxylic acids is 5. The number of amides is 6. The first-order chi connectivity index (χ1) is 28.3. The number of fused-ring (bicyclic) bond motifs is 1. The lowest BCUT2D eigenvalue weighted by Crippen LogP contribution is -2.58. The zero-order chi connectivity index (χ0) is 41.5. The van der Waals surface area contributed by atoms with Crippen LogP contribution in [0.15, 0.2) is 53.1 Å². The Morgan fingerprint density at radius 2 is 1.68 bits per heavy atom. The van der Waals surface area contributed by atoms with Crippen molar-refractivity contribution >= 4 is 58.5 Å². The van der Waals surface area contributed by atoms with Crippen molar-refractivity contribution in [1.82, 2.24) is 40.2 Å². The summed E-state index contributed by atoms with van der Waals surface area (Å²) in [6, 6.07) is 9.09. The third kappa shape index (κ3) is 8.29. The Hall–Kier alpha value is -5.36. The van der Waals surface area contributed by atoms with Gasteiger partial charge >= 0.3 is 6.03 Å². The molecule has 6 amide bonds. The molecule has 2 N–H and O–H groups in total. The number of aryl methyl sites for hydroxylation is 1. The number of aromatic nitrogens is 2. The Kier molecular flexibility index (Phi) is 11.5. The first-order valence-corrected chi connectivity index (χ1v) is 20.1. The van der Waals surface area contributed by atoms with Crippen LogP contribution in [0.4, 0.5) is 19.3 Å². The molecule has 0 bridgehead atoms. The average Bonchev–Trinajstić information content (AvgIpc) is 3.84. The Balaban J connectivity index is 0.863. The second-order valence-corrected chi connectivity index (χ2v) is 16.0. The monoisotopic (exact) mass is 851 g/mol. The fraction of sp³-hybridized carbons (Fsp3) is 0.400. The molecule has 0 aliphatic carbocycles. The van der Waals surface area contributed by atoms with E-state index in [4.69, 9.17) is 27.6 Å². The number of rotatable bonds is 11. The number of carbonyl (C=O) groups is 5. The summed E-state index contributed by atoms with van der Waals surface area (Å²) in [5, 5.41) is 11.5. The van der Waals surface area contributed by atoms with Crippen molar-refractivity contribution in [3.8, 4) is 11.3 Å². The number of urea groups is 1. The maximum atomic E-state index is 14.2. The van der Waals surface area contributed by atoms with Crippen molar-refractivity contribution in [3.05, 3.63) is 93.0 Å². The summed E-state index contributed by atoms with van der Waals surface area (Å²) in [7, 11) is 1.69. The molecule has 15 nitrogen and oxygen atoms in total. The lowest BCUT2D eigenvalue weighted by atomic mass is 9.94. The van der Waals surface area contributed by atoms with Gasteiger partial charge in [0.15, 0.2) is 17.4 Å². The van der Waals surface area contributed by atoms with Crippen LogP contribution in [0.3, 0.4) is 0 Å². The van der Waals surface area contributed by atoms with Crippen molar-refractivity contribution in [2.75, 3.05) is 63.8 Å². The molecule has 0 saturated carbocycles. The highest BCUT2D eigenvalue weighted by Gasteiger charge is 2.45. The van der Waals surface area contributed by atoms with Gasteiger partial charge in [0.1, 0.15) is 0 Å². The van der Waals surface area contributed by atoms with E-state index in [1.54, 1.807) is 19.2 Å². The highest BCUT2D eigenvalue weighted by atomic mass is 35.5. The number of furan rings is 1. The minimum atomic E-state index is -0.964. The van der Waals surface area contributed by atoms with Gasteiger partial charge in [-0.2, -0.15) is 10.1 Å². The predicted octanol–water partition coefficient (Wildman–Crippen LogP) is 4.59. The van der Waals surface area contributed by atoms with E-state index in [1.165, 1.54) is 23.0 Å². The van der Waals surface area contributed by atoms with E-state index in [2.05, 4.69) is 30.4 Å². The summed E-state index contributed by atoms with van der Waals surface area (Å²) in [4.78, 5) is 71.4. The van der Waals surface area contributed by atoms with Gasteiger partial charge in [-0.3, -0.25) is 34.1 Å². The Morgan fingerprint density at radius 1 is 0.932 bits per heavy atom. The van der Waals surface area contributed by atoms with Gasteiger partial charge in [0.25, 0.3) is 17.7 Å². The number of nitrogens with zero attached hydrogens (tertiary/aromatic N) is 7. The van der Waals surface area contributed by atoms with Gasteiger partial charge in [-0.1, -0.05) is 23.7 Å². The first kappa shape index (κ1) is 40.4. The molecule has 2 aromatic heterocycles. The van der Waals surface area contributed by atoms with E-state index in [9.17, 15) is 32.8 Å². The number of hydrogen-bond acceptors (Lipinski definition) is 10. The second kappa shape index (κ2) is 16.7. The third-order valence-electron chi connectivity index (χ3n) is 11.4. The van der Waals surface area contributed by atoms with Crippen LogP contribution in [0, 0.1) is 17.6 Å². The quantitative estimate of drug-likeness (QED) is 0.205. The fourth-order valence-electron chi connectivity index (χ4n) is 8.40. The maximum Gasteiger partial charge on any atom is 0.343 e. The Morgan fingerprint density at radius 3 is 2.37 bits per heavy atom. The lowest BCUT2D eigenvalue weighted by molar-refractivity contribution is -0.122. The van der Waals surface area contributed by atoms with Crippen molar-refractivity contribution < 1.29 is 37.2 Å². The summed E-state index contributed by atoms with van der Waals surface area (Å²) in [6.45, 7) is 5.69. The van der Waals surface area contributed by atoms with E-state index >= 15 is 0 Å². The number of hydrogen-bond donors (Lipinski definition) is 2. The highest BCUT2D eigenvalue weighted by Crippen LogP contribution is 2.37. The lowest BCUT2D eigenvalue weighted by Gasteiger charge is -2.40. The van der Waals surface area contributed by atoms with Gasteiger partial charge in [0.2, 0.25) is 11.1 Å². The number of hydrazine groups is 1. The van der Waals surface area contributed by atoms with Crippen LogP contribution >= 0.6 is 23.2 Å². The minimum absolute atomic E-state index is 0.0126. The average molecular weight is 853 g/mol. The predicted molar refractivity (Wildman–Crippen MR) is 212 cm³/mol. The molecule has 4 aliphatic rings. The normalized spacial score (nSPS) is 18.8. The molecule has 3 saturated heterocycles. The third-order valence-corrected chi connectivity index (χ3v) is 12.0. The van der Waals surface area contributed by atoms with Gasteiger partial charge in [0, 0.05) is 77.9 Å². The van der Waals surface area contributed by atoms with Gasteiger partial charge in [-0.15, -0.1) is 0 Å². The van der Waals surface area contributed by atoms with Crippen molar-refractivity contribution in [3.63, 3.8) is 0 Å². The minimum Gasteiger partial charge on any atom is -0.439 e. The standard InChI is InChI=1S/C40H41Cl2F2N9O6/c1-48-35(28(41)20-45-48)27-19-32(59-36(27)42)37(55)46-25(17-24-5-6-29(43)30(44)18-24)22-50-15-13-49(14-16-50)21-23-7-10-51(11-8-23)31-4-2-3-26-34(31)39(57)53(38(26)56)52-12-9-33(54)47-40(52)58/h2-6,18-20,23,25H,7-17,21-22H2,1H3,(H,46,55)(H,47,54,58)/t25-/m0/s1. The van der Waals surface area contributed by atoms with Gasteiger partial charge in [-0.05, 0) is 66.6 Å². The van der Waals surface area contributed by atoms with Gasteiger partial charge in [0.05, 0.1) is 45.8 Å². The second-order valence-electron chi connectivity index (χ2n) is 15.3. The van der Waals surface area contributed by atoms with Gasteiger partial charge in [-0.25, -0.2) is 18.6 Å². The molecule has 310 valence electrons. The molecule has 4 aliphatic heterocycles. The Bertz CT molecular complexity index is 2300. The number of benzene rings is 2. The summed E-state index contributed by atoms with van der Waals surface area (Å²) in [6.07, 6.45) is 3.45. The van der Waals surface area contributed by atoms with Crippen LogP contribution < -0.4 is 15.5 Å². The molecule has 3 fully saturated rings. The number of halogens is 4. The molecule has 4 aromatic rings. The van der Waals surface area contributed by atoms with Crippen molar-refractivity contribution in [2.24, 2.45) is 13.0 Å². The van der Waals surface area contributed by atoms with Crippen LogP contribution in [0.25, 0.3) is 11.3 Å².